The molecule has 0 aliphatic rings. The lowest BCUT2D eigenvalue weighted by molar-refractivity contribution is 0.404. The normalized spacial score (nSPS) is 12.3. The van der Waals surface area contributed by atoms with Crippen LogP contribution in [0, 0.1) is 0 Å². The molecule has 0 aliphatic heterocycles. The van der Waals surface area contributed by atoms with Gasteiger partial charge >= 0.3 is 0 Å². The Kier molecular flexibility index (Phi) is 9.46. The highest BCUT2D eigenvalue weighted by molar-refractivity contribution is 7.86. The Balaban J connectivity index is 1.94. The van der Waals surface area contributed by atoms with Crippen molar-refractivity contribution in [2.45, 2.75) is 19.6 Å². The van der Waals surface area contributed by atoms with E-state index in [4.69, 9.17) is 4.52 Å². The van der Waals surface area contributed by atoms with Gasteiger partial charge < -0.3 is 4.52 Å². The quantitative estimate of drug-likeness (QED) is 0.190. The van der Waals surface area contributed by atoms with Crippen molar-refractivity contribution in [3.8, 4) is 0 Å². The van der Waals surface area contributed by atoms with Gasteiger partial charge in [-0.2, -0.15) is 43.9 Å². The maximum atomic E-state index is 12.2. The van der Waals surface area contributed by atoms with Crippen LogP contribution in [0.4, 0.5) is 0 Å². The molecule has 0 saturated heterocycles. The second-order valence-corrected chi connectivity index (χ2v) is 15.5. The third-order valence-electron chi connectivity index (χ3n) is 6.56. The van der Waals surface area contributed by atoms with Crippen LogP contribution in [0.25, 0.3) is 43.7 Å². The standard InChI is InChI=1S/C28H20N4O13S4/c33-46(34,35)25-13-21-9-5-17(25)1-2-19-7-11-23(15-27(19)48(39,40)41)31-32-45-24-12-8-20(28(16-24)49(42,43)44)4-3-18-6-10-22(30-29-21)14-26(18)47(36,37)38/h1-16H,(H,33,34,35)(H,36,37,38)(H,39,40,41)(H,42,43,44). The van der Waals surface area contributed by atoms with Crippen LogP contribution >= 0.6 is 0 Å². The molecule has 254 valence electrons. The van der Waals surface area contributed by atoms with Crippen LogP contribution < -0.4 is 0 Å². The zero-order valence-electron chi connectivity index (χ0n) is 24.1. The van der Waals surface area contributed by atoms with E-state index in [-0.39, 0.29) is 43.7 Å². The van der Waals surface area contributed by atoms with Crippen molar-refractivity contribution >= 4 is 84.2 Å². The van der Waals surface area contributed by atoms with Crippen LogP contribution in [0.3, 0.4) is 0 Å². The summed E-state index contributed by atoms with van der Waals surface area (Å²) in [6.07, 6.45) is 0. The van der Waals surface area contributed by atoms with Gasteiger partial charge in [0.15, 0.2) is 5.58 Å². The van der Waals surface area contributed by atoms with Crippen LogP contribution in [0.1, 0.15) is 0 Å². The molecule has 14 rings (SSSR count). The van der Waals surface area contributed by atoms with Gasteiger partial charge in [-0.15, -0.1) is 5.10 Å². The van der Waals surface area contributed by atoms with Crippen LogP contribution in [0.2, 0.25) is 0 Å². The van der Waals surface area contributed by atoms with Crippen molar-refractivity contribution < 1.29 is 56.4 Å². The van der Waals surface area contributed by atoms with Gasteiger partial charge in [0.1, 0.15) is 19.6 Å². The molecule has 4 aromatic carbocycles. The molecule has 8 bridgehead atoms. The third-order valence-corrected chi connectivity index (χ3v) is 10.2. The first-order valence-electron chi connectivity index (χ1n) is 13.1. The van der Waals surface area contributed by atoms with Gasteiger partial charge in [0.2, 0.25) is 0 Å². The molecular weight excluding hydrogens is 729 g/mol. The van der Waals surface area contributed by atoms with E-state index in [2.05, 4.69) is 20.6 Å². The van der Waals surface area contributed by atoms with E-state index in [9.17, 15) is 51.9 Å². The summed E-state index contributed by atoms with van der Waals surface area (Å²) in [5, 5.41) is 14.3. The fourth-order valence-electron chi connectivity index (χ4n) is 4.36. The predicted octanol–water partition coefficient (Wildman–Crippen LogP) is 3.83. The van der Waals surface area contributed by atoms with Gasteiger partial charge in [0.25, 0.3) is 40.5 Å². The molecule has 0 unspecified atom stereocenters. The first-order valence-corrected chi connectivity index (χ1v) is 18.9. The Bertz CT molecular complexity index is 2650. The molecule has 14 aromatic rings. The van der Waals surface area contributed by atoms with Crippen molar-refractivity contribution in [2.24, 2.45) is 0 Å². The van der Waals surface area contributed by atoms with E-state index in [1.807, 2.05) is 0 Å². The molecule has 0 atom stereocenters. The Morgan fingerprint density at radius 2 is 0.673 bits per heavy atom. The zero-order valence-corrected chi connectivity index (χ0v) is 27.4. The van der Waals surface area contributed by atoms with E-state index < -0.39 is 60.1 Å². The Morgan fingerprint density at radius 1 is 0.388 bits per heavy atom. The molecule has 0 radical (unpaired) electrons. The lowest BCUT2D eigenvalue weighted by Crippen LogP contribution is -1.99. The van der Waals surface area contributed by atoms with Crippen LogP contribution in [-0.2, 0) is 40.5 Å². The summed E-state index contributed by atoms with van der Waals surface area (Å²) < 4.78 is 142. The molecule has 10 heterocycles. The molecule has 0 fully saturated rings. The number of hydrogen-bond donors (Lipinski definition) is 4. The second kappa shape index (κ2) is 13.1. The van der Waals surface area contributed by atoms with Gasteiger partial charge in [-0.05, 0) is 70.1 Å². The van der Waals surface area contributed by atoms with Crippen LogP contribution in [0.5, 0.6) is 0 Å². The van der Waals surface area contributed by atoms with Gasteiger partial charge in [0, 0.05) is 11.3 Å². The molecule has 17 nitrogen and oxygen atoms in total. The van der Waals surface area contributed by atoms with Crippen molar-refractivity contribution in [3.05, 3.63) is 97.1 Å². The molecule has 0 aliphatic carbocycles. The highest BCUT2D eigenvalue weighted by Gasteiger charge is 2.16. The van der Waals surface area contributed by atoms with Crippen molar-refractivity contribution in [3.63, 3.8) is 0 Å². The molecule has 49 heavy (non-hydrogen) atoms. The lowest BCUT2D eigenvalue weighted by atomic mass is 10.2. The maximum Gasteiger partial charge on any atom is 0.295 e. The second-order valence-electron chi connectivity index (χ2n) is 9.91. The van der Waals surface area contributed by atoms with E-state index in [0.717, 1.165) is 48.5 Å². The fraction of sp³-hybridized carbons (Fsp3) is 0. The minimum Gasteiger partial charge on any atom is -0.339 e. The molecule has 0 spiro atoms. The summed E-state index contributed by atoms with van der Waals surface area (Å²) in [5.74, 6) is 0. The summed E-state index contributed by atoms with van der Waals surface area (Å²) in [7, 11) is -19.6. The van der Waals surface area contributed by atoms with Crippen molar-refractivity contribution in [1.82, 2.24) is 20.6 Å². The SMILES string of the molecule is O=S(=O)(O)c1cc2ccc1ccc1ccc(cc1S(=O)(=O)O)nnc1ccc(ccc3ccc(cc3S(=O)(=O)O)onn2)c(S(=O)(=O)O)c1. The van der Waals surface area contributed by atoms with E-state index >= 15 is 0 Å². The summed E-state index contributed by atoms with van der Waals surface area (Å²) >= 11 is 0. The Labute approximate surface area is 276 Å². The lowest BCUT2D eigenvalue weighted by Gasteiger charge is -2.01. The Morgan fingerprint density at radius 3 is 1.02 bits per heavy atom. The van der Waals surface area contributed by atoms with E-state index in [0.29, 0.717) is 0 Å². The molecule has 10 aromatic heterocycles. The number of nitrogens with zero attached hydrogens (tertiary/aromatic N) is 4. The summed E-state index contributed by atoms with van der Waals surface area (Å²) in [4.78, 5) is -2.71. The predicted molar refractivity (Wildman–Crippen MR) is 172 cm³/mol. The summed E-state index contributed by atoms with van der Waals surface area (Å²) in [6, 6.07) is 17.9. The van der Waals surface area contributed by atoms with Gasteiger partial charge in [-0.1, -0.05) is 42.5 Å². The molecule has 4 N–H and O–H groups in total. The summed E-state index contributed by atoms with van der Waals surface area (Å²) in [5.41, 5.74) is -0.700. The van der Waals surface area contributed by atoms with Crippen molar-refractivity contribution in [2.75, 3.05) is 0 Å². The number of hydrogen-bond acceptors (Lipinski definition) is 13. The number of rotatable bonds is 4. The first-order chi connectivity index (χ1) is 22.8. The van der Waals surface area contributed by atoms with Crippen molar-refractivity contribution in [1.29, 1.82) is 0 Å². The van der Waals surface area contributed by atoms with E-state index in [1.54, 1.807) is 0 Å². The van der Waals surface area contributed by atoms with E-state index in [1.165, 1.54) is 48.5 Å². The monoisotopic (exact) mass is 748 g/mol. The minimum absolute atomic E-state index is 0.134. The average Bonchev–Trinajstić information content (AvgIpc) is 3.00. The van der Waals surface area contributed by atoms with Gasteiger partial charge in [-0.3, -0.25) is 18.2 Å². The molecular formula is C28H20N4O13S4. The third kappa shape index (κ3) is 8.54. The Hall–Kier alpha value is -5.00. The highest BCUT2D eigenvalue weighted by Crippen LogP contribution is 2.23. The zero-order chi connectivity index (χ0) is 35.8. The minimum atomic E-state index is -4.91. The molecule has 0 amide bonds. The topological polar surface area (TPSA) is 282 Å². The van der Waals surface area contributed by atoms with Crippen LogP contribution in [0.15, 0.2) is 121 Å². The fourth-order valence-corrected chi connectivity index (χ4v) is 7.17. The van der Waals surface area contributed by atoms with Gasteiger partial charge in [0.05, 0.1) is 16.6 Å². The first kappa shape index (κ1) is 35.3. The maximum absolute atomic E-state index is 12.2. The largest absolute Gasteiger partial charge is 0.339 e. The van der Waals surface area contributed by atoms with Crippen LogP contribution in [-0.4, -0.2) is 72.4 Å². The van der Waals surface area contributed by atoms with Gasteiger partial charge in [-0.25, -0.2) is 0 Å². The smallest absolute Gasteiger partial charge is 0.295 e. The molecule has 21 heteroatoms. The number of aromatic nitrogens is 4. The number of benzene rings is 4. The molecule has 0 saturated carbocycles. The highest BCUT2D eigenvalue weighted by atomic mass is 32.2. The average molecular weight is 749 g/mol. The summed E-state index contributed by atoms with van der Waals surface area (Å²) in [6.45, 7) is 0.